The average Bonchev–Trinajstić information content (AvgIpc) is 2.35. The molecule has 2 heteroatoms. The van der Waals surface area contributed by atoms with Gasteiger partial charge in [0.15, 0.2) is 0 Å². The Bertz CT molecular complexity index is 154. The molecule has 0 amide bonds. The molecule has 0 saturated carbocycles. The minimum absolute atomic E-state index is 0.131. The highest BCUT2D eigenvalue weighted by molar-refractivity contribution is 4.93. The van der Waals surface area contributed by atoms with Crippen molar-refractivity contribution in [1.82, 2.24) is 5.32 Å². The van der Waals surface area contributed by atoms with E-state index in [9.17, 15) is 5.11 Å². The van der Waals surface area contributed by atoms with E-state index in [-0.39, 0.29) is 11.5 Å². The molecule has 1 heterocycles. The van der Waals surface area contributed by atoms with Crippen LogP contribution in [0, 0.1) is 11.3 Å². The Morgan fingerprint density at radius 3 is 2.33 bits per heavy atom. The number of nitrogens with one attached hydrogen (secondary N) is 1. The van der Waals surface area contributed by atoms with Crippen LogP contribution in [0.3, 0.4) is 0 Å². The molecule has 2 atom stereocenters. The summed E-state index contributed by atoms with van der Waals surface area (Å²) >= 11 is 0. The first-order chi connectivity index (χ1) is 5.44. The van der Waals surface area contributed by atoms with Crippen LogP contribution in [0.4, 0.5) is 0 Å². The molecule has 1 unspecified atom stereocenters. The van der Waals surface area contributed by atoms with Gasteiger partial charge in [-0.1, -0.05) is 27.7 Å². The van der Waals surface area contributed by atoms with Crippen molar-refractivity contribution >= 4 is 0 Å². The molecule has 1 rings (SSSR count). The second-order valence-corrected chi connectivity index (χ2v) is 4.83. The highest BCUT2D eigenvalue weighted by atomic mass is 16.3. The molecule has 2 nitrogen and oxygen atoms in total. The van der Waals surface area contributed by atoms with Crippen molar-refractivity contribution in [3.05, 3.63) is 0 Å². The van der Waals surface area contributed by atoms with Gasteiger partial charge >= 0.3 is 0 Å². The summed E-state index contributed by atoms with van der Waals surface area (Å²) in [6, 6.07) is 0.479. The summed E-state index contributed by atoms with van der Waals surface area (Å²) < 4.78 is 0. The van der Waals surface area contributed by atoms with Crippen LogP contribution in [-0.2, 0) is 0 Å². The Labute approximate surface area is 75.4 Å². The molecule has 72 valence electrons. The molecule has 2 N–H and O–H groups in total. The maximum Gasteiger partial charge on any atom is 0.0679 e. The van der Waals surface area contributed by atoms with Crippen molar-refractivity contribution in [1.29, 1.82) is 0 Å². The van der Waals surface area contributed by atoms with Crippen LogP contribution < -0.4 is 5.32 Å². The van der Waals surface area contributed by atoms with Gasteiger partial charge in [0.2, 0.25) is 0 Å². The van der Waals surface area contributed by atoms with Gasteiger partial charge in [-0.3, -0.25) is 0 Å². The van der Waals surface area contributed by atoms with Gasteiger partial charge in [0.25, 0.3) is 0 Å². The Hall–Kier alpha value is -0.0800. The molecular formula is C10H21NO. The van der Waals surface area contributed by atoms with Gasteiger partial charge in [-0.15, -0.1) is 0 Å². The van der Waals surface area contributed by atoms with Gasteiger partial charge in [0.1, 0.15) is 0 Å². The normalized spacial score (nSPS) is 31.5. The first-order valence-electron chi connectivity index (χ1n) is 4.86. The fourth-order valence-electron chi connectivity index (χ4n) is 1.69. The molecule has 0 aromatic rings. The van der Waals surface area contributed by atoms with Crippen molar-refractivity contribution < 1.29 is 5.11 Å². The molecule has 0 radical (unpaired) electrons. The fraction of sp³-hybridized carbons (Fsp3) is 1.00. The number of aliphatic hydroxyl groups excluding tert-OH is 1. The summed E-state index contributed by atoms with van der Waals surface area (Å²) in [7, 11) is 0. The lowest BCUT2D eigenvalue weighted by molar-refractivity contribution is 0.151. The zero-order valence-corrected chi connectivity index (χ0v) is 8.59. The third-order valence-electron chi connectivity index (χ3n) is 3.49. The molecule has 0 aromatic heterocycles. The Morgan fingerprint density at radius 2 is 2.00 bits per heavy atom. The second kappa shape index (κ2) is 3.35. The minimum Gasteiger partial charge on any atom is -0.392 e. The van der Waals surface area contributed by atoms with E-state index in [1.165, 1.54) is 0 Å². The quantitative estimate of drug-likeness (QED) is 0.658. The Kier molecular flexibility index (Phi) is 2.79. The molecular weight excluding hydrogens is 150 g/mol. The lowest BCUT2D eigenvalue weighted by Crippen LogP contribution is -2.40. The van der Waals surface area contributed by atoms with Crippen molar-refractivity contribution in [2.75, 3.05) is 6.54 Å². The van der Waals surface area contributed by atoms with E-state index in [1.54, 1.807) is 0 Å². The third kappa shape index (κ3) is 1.80. The second-order valence-electron chi connectivity index (χ2n) is 4.83. The van der Waals surface area contributed by atoms with Crippen LogP contribution in [0.25, 0.3) is 0 Å². The van der Waals surface area contributed by atoms with Gasteiger partial charge in [-0.2, -0.15) is 0 Å². The van der Waals surface area contributed by atoms with Gasteiger partial charge in [0.05, 0.1) is 6.10 Å². The first-order valence-corrected chi connectivity index (χ1v) is 4.86. The molecule has 0 spiro atoms. The summed E-state index contributed by atoms with van der Waals surface area (Å²) in [5.41, 5.74) is 0.289. The molecule has 1 fully saturated rings. The molecule has 1 aliphatic heterocycles. The first kappa shape index (κ1) is 10.0. The maximum absolute atomic E-state index is 9.38. The monoisotopic (exact) mass is 171 g/mol. The van der Waals surface area contributed by atoms with Crippen LogP contribution in [0.1, 0.15) is 34.1 Å². The van der Waals surface area contributed by atoms with Crippen LogP contribution in [-0.4, -0.2) is 23.8 Å². The van der Waals surface area contributed by atoms with Crippen LogP contribution in [0.2, 0.25) is 0 Å². The van der Waals surface area contributed by atoms with Gasteiger partial charge < -0.3 is 10.4 Å². The number of aliphatic hydroxyl groups is 1. The Balaban J connectivity index is 2.57. The highest BCUT2D eigenvalue weighted by Gasteiger charge is 2.36. The number of rotatable bonds is 2. The third-order valence-corrected chi connectivity index (χ3v) is 3.49. The van der Waals surface area contributed by atoms with Crippen molar-refractivity contribution in [2.24, 2.45) is 11.3 Å². The van der Waals surface area contributed by atoms with Crippen molar-refractivity contribution in [3.8, 4) is 0 Å². The summed E-state index contributed by atoms with van der Waals surface area (Å²) in [5.74, 6) is 0.653. The van der Waals surface area contributed by atoms with Gasteiger partial charge in [-0.05, 0) is 17.8 Å². The van der Waals surface area contributed by atoms with Gasteiger partial charge in [0, 0.05) is 12.6 Å². The molecule has 0 bridgehead atoms. The van der Waals surface area contributed by atoms with E-state index in [0.29, 0.717) is 12.0 Å². The smallest absolute Gasteiger partial charge is 0.0679 e. The maximum atomic E-state index is 9.38. The topological polar surface area (TPSA) is 32.3 Å². The van der Waals surface area contributed by atoms with E-state index >= 15 is 0 Å². The Morgan fingerprint density at radius 1 is 1.42 bits per heavy atom. The standard InChI is InChI=1S/C10H21NO/c1-7(2)10(3,4)9-5-8(12)6-11-9/h7-9,11-12H,5-6H2,1-4H3/t8-,9?/m0/s1. The lowest BCUT2D eigenvalue weighted by atomic mass is 9.74. The molecule has 12 heavy (non-hydrogen) atoms. The summed E-state index contributed by atoms with van der Waals surface area (Å²) in [5, 5.41) is 12.8. The predicted molar refractivity (Wildman–Crippen MR) is 51.0 cm³/mol. The van der Waals surface area contributed by atoms with E-state index in [1.807, 2.05) is 0 Å². The minimum atomic E-state index is -0.131. The molecule has 0 aromatic carbocycles. The van der Waals surface area contributed by atoms with Crippen LogP contribution in [0.15, 0.2) is 0 Å². The molecule has 0 aliphatic carbocycles. The summed E-state index contributed by atoms with van der Waals surface area (Å²) in [4.78, 5) is 0. The summed E-state index contributed by atoms with van der Waals surface area (Å²) in [6.07, 6.45) is 0.776. The highest BCUT2D eigenvalue weighted by Crippen LogP contribution is 2.34. The zero-order valence-electron chi connectivity index (χ0n) is 8.59. The van der Waals surface area contributed by atoms with Crippen LogP contribution in [0.5, 0.6) is 0 Å². The largest absolute Gasteiger partial charge is 0.392 e. The van der Waals surface area contributed by atoms with Crippen molar-refractivity contribution in [3.63, 3.8) is 0 Å². The van der Waals surface area contributed by atoms with E-state index in [0.717, 1.165) is 13.0 Å². The van der Waals surface area contributed by atoms with E-state index in [2.05, 4.69) is 33.0 Å². The zero-order chi connectivity index (χ0) is 9.35. The lowest BCUT2D eigenvalue weighted by Gasteiger charge is -2.35. The number of hydrogen-bond acceptors (Lipinski definition) is 2. The number of β-amino-alcohol motifs (C(OH)–C–C–N with tert-alkyl or cyclic N) is 1. The number of hydrogen-bond donors (Lipinski definition) is 2. The predicted octanol–water partition coefficient (Wildman–Crippen LogP) is 1.39. The molecule has 1 aliphatic rings. The average molecular weight is 171 g/mol. The van der Waals surface area contributed by atoms with E-state index < -0.39 is 0 Å². The summed E-state index contributed by atoms with van der Waals surface area (Å²) in [6.45, 7) is 9.79. The van der Waals surface area contributed by atoms with Gasteiger partial charge in [-0.25, -0.2) is 0 Å². The van der Waals surface area contributed by atoms with Crippen molar-refractivity contribution in [2.45, 2.75) is 46.3 Å². The van der Waals surface area contributed by atoms with E-state index in [4.69, 9.17) is 0 Å². The molecule has 1 saturated heterocycles. The fourth-order valence-corrected chi connectivity index (χ4v) is 1.69. The van der Waals surface area contributed by atoms with Crippen LogP contribution >= 0.6 is 0 Å². The SMILES string of the molecule is CC(C)C(C)(C)C1C[C@H](O)CN1.